The van der Waals surface area contributed by atoms with Gasteiger partial charge in [-0.05, 0) is 67.9 Å². The second kappa shape index (κ2) is 12.8. The van der Waals surface area contributed by atoms with E-state index in [2.05, 4.69) is 10.2 Å². The lowest BCUT2D eigenvalue weighted by molar-refractivity contribution is 0.0472. The zero-order chi connectivity index (χ0) is 33.2. The van der Waals surface area contributed by atoms with Gasteiger partial charge in [0.05, 0.1) is 34.0 Å². The van der Waals surface area contributed by atoms with Gasteiger partial charge in [0.25, 0.3) is 11.1 Å². The highest BCUT2D eigenvalue weighted by atomic mass is 16.5. The average molecular weight is 637 g/mol. The molecule has 0 unspecified atom stereocenters. The normalized spacial score (nSPS) is 11.2. The highest BCUT2D eigenvalue weighted by Gasteiger charge is 2.33. The van der Waals surface area contributed by atoms with E-state index in [1.807, 2.05) is 105 Å². The second-order valence-corrected chi connectivity index (χ2v) is 11.5. The lowest BCUT2D eigenvalue weighted by Crippen LogP contribution is -2.25. The lowest BCUT2D eigenvalue weighted by Gasteiger charge is -2.13. The summed E-state index contributed by atoms with van der Waals surface area (Å²) in [4.78, 5) is 40.9. The van der Waals surface area contributed by atoms with E-state index in [-0.39, 0.29) is 17.7 Å². The highest BCUT2D eigenvalue weighted by molar-refractivity contribution is 5.90. The minimum Gasteiger partial charge on any atom is -0.460 e. The first-order valence-corrected chi connectivity index (χ1v) is 15.5. The van der Waals surface area contributed by atoms with Crippen molar-refractivity contribution in [2.24, 2.45) is 0 Å². The van der Waals surface area contributed by atoms with Crippen LogP contribution in [0.3, 0.4) is 0 Å². The fourth-order valence-electron chi connectivity index (χ4n) is 5.99. The van der Waals surface area contributed by atoms with Crippen molar-refractivity contribution in [3.05, 3.63) is 188 Å². The van der Waals surface area contributed by atoms with Crippen molar-refractivity contribution in [3.8, 4) is 22.7 Å². The highest BCUT2D eigenvalue weighted by Crippen LogP contribution is 2.35. The summed E-state index contributed by atoms with van der Waals surface area (Å²) in [5.74, 6) is -0.309. The molecule has 238 valence electrons. The van der Waals surface area contributed by atoms with E-state index in [0.717, 1.165) is 11.1 Å². The molecule has 9 heteroatoms. The zero-order valence-corrected chi connectivity index (χ0v) is 26.3. The molecule has 7 rings (SSSR count). The van der Waals surface area contributed by atoms with Gasteiger partial charge in [-0.1, -0.05) is 78.9 Å². The third-order valence-corrected chi connectivity index (χ3v) is 8.37. The molecule has 0 aliphatic heterocycles. The number of hydrogen-bond donors (Lipinski definition) is 2. The maximum absolute atomic E-state index is 14.1. The van der Waals surface area contributed by atoms with Gasteiger partial charge in [0, 0.05) is 17.0 Å². The number of aromatic nitrogens is 4. The molecule has 0 amide bonds. The maximum atomic E-state index is 14.1. The number of aromatic amines is 2. The van der Waals surface area contributed by atoms with Crippen molar-refractivity contribution < 1.29 is 13.9 Å². The quantitative estimate of drug-likeness (QED) is 0.165. The molecule has 0 aliphatic rings. The standard InChI is InChI=1S/C39H32N4O5/c1-25-34(37(44)42(40-25)30-14-8-4-9-15-30)36(35-26(2)41-43(38(35)45)31-16-10-5-11-17-31)33-23-22-32(48-33)28-18-20-29(21-19-28)39(46)47-24-27-12-6-3-7-13-27/h3-23,36,40-41H,24H2,1-2H3. The van der Waals surface area contributed by atoms with Gasteiger partial charge in [0.1, 0.15) is 18.1 Å². The summed E-state index contributed by atoms with van der Waals surface area (Å²) in [5, 5.41) is 6.40. The van der Waals surface area contributed by atoms with Crippen LogP contribution in [0.4, 0.5) is 0 Å². The molecule has 3 aromatic heterocycles. The molecule has 0 bridgehead atoms. The number of H-pyrrole nitrogens is 2. The molecule has 48 heavy (non-hydrogen) atoms. The Balaban J connectivity index is 1.27. The first-order valence-electron chi connectivity index (χ1n) is 15.5. The Morgan fingerprint density at radius 2 is 1.17 bits per heavy atom. The van der Waals surface area contributed by atoms with Gasteiger partial charge < -0.3 is 9.15 Å². The van der Waals surface area contributed by atoms with Crippen LogP contribution in [-0.4, -0.2) is 25.5 Å². The van der Waals surface area contributed by atoms with Crippen molar-refractivity contribution in [3.63, 3.8) is 0 Å². The minimum atomic E-state index is -0.826. The number of rotatable bonds is 9. The van der Waals surface area contributed by atoms with Gasteiger partial charge >= 0.3 is 5.97 Å². The molecule has 0 saturated heterocycles. The Morgan fingerprint density at radius 1 is 0.667 bits per heavy atom. The average Bonchev–Trinajstić information content (AvgIpc) is 3.81. The summed E-state index contributed by atoms with van der Waals surface area (Å²) in [6.45, 7) is 3.82. The van der Waals surface area contributed by atoms with E-state index < -0.39 is 11.9 Å². The molecule has 0 saturated carbocycles. The summed E-state index contributed by atoms with van der Waals surface area (Å²) < 4.78 is 14.9. The number of para-hydroxylation sites is 2. The van der Waals surface area contributed by atoms with Gasteiger partial charge in [-0.15, -0.1) is 0 Å². The molecule has 2 N–H and O–H groups in total. The number of ether oxygens (including phenoxy) is 1. The van der Waals surface area contributed by atoms with Gasteiger partial charge in [0.15, 0.2) is 0 Å². The smallest absolute Gasteiger partial charge is 0.338 e. The van der Waals surface area contributed by atoms with Crippen molar-refractivity contribution in [1.82, 2.24) is 19.6 Å². The summed E-state index contributed by atoms with van der Waals surface area (Å²) in [6.07, 6.45) is 0. The maximum Gasteiger partial charge on any atom is 0.338 e. The van der Waals surface area contributed by atoms with Crippen LogP contribution in [0, 0.1) is 13.8 Å². The predicted molar refractivity (Wildman–Crippen MR) is 183 cm³/mol. The van der Waals surface area contributed by atoms with E-state index in [4.69, 9.17) is 9.15 Å². The summed E-state index contributed by atoms with van der Waals surface area (Å²) >= 11 is 0. The fraction of sp³-hybridized carbons (Fsp3) is 0.103. The molecular weight excluding hydrogens is 604 g/mol. The van der Waals surface area contributed by atoms with Crippen LogP contribution >= 0.6 is 0 Å². The Labute approximate surface area is 275 Å². The predicted octanol–water partition coefficient (Wildman–Crippen LogP) is 7.06. The Hall–Kier alpha value is -6.35. The third kappa shape index (κ3) is 5.73. The Bertz CT molecular complexity index is 2210. The number of benzene rings is 4. The number of nitrogens with one attached hydrogen (secondary N) is 2. The topological polar surface area (TPSA) is 115 Å². The third-order valence-electron chi connectivity index (χ3n) is 8.37. The minimum absolute atomic E-state index is 0.180. The van der Waals surface area contributed by atoms with Crippen LogP contribution in [0.5, 0.6) is 0 Å². The van der Waals surface area contributed by atoms with Crippen LogP contribution in [0.2, 0.25) is 0 Å². The molecule has 4 aromatic carbocycles. The molecule has 9 nitrogen and oxygen atoms in total. The van der Waals surface area contributed by atoms with Crippen LogP contribution in [0.1, 0.15) is 50.1 Å². The number of carbonyl (C=O) groups is 1. The molecule has 0 spiro atoms. The van der Waals surface area contributed by atoms with Crippen molar-refractivity contribution in [2.45, 2.75) is 26.4 Å². The van der Waals surface area contributed by atoms with E-state index in [0.29, 0.717) is 51.0 Å². The first kappa shape index (κ1) is 30.3. The lowest BCUT2D eigenvalue weighted by atomic mass is 9.89. The second-order valence-electron chi connectivity index (χ2n) is 11.5. The molecular formula is C39H32N4O5. The summed E-state index contributed by atoms with van der Waals surface area (Å²) in [5.41, 5.74) is 4.82. The van der Waals surface area contributed by atoms with Gasteiger partial charge in [-0.25, -0.2) is 14.2 Å². The zero-order valence-electron chi connectivity index (χ0n) is 26.3. The van der Waals surface area contributed by atoms with E-state index in [9.17, 15) is 14.4 Å². The number of furan rings is 1. The Morgan fingerprint density at radius 3 is 1.69 bits per heavy atom. The molecule has 0 aliphatic carbocycles. The number of aryl methyl sites for hydroxylation is 2. The molecule has 3 heterocycles. The van der Waals surface area contributed by atoms with Gasteiger partial charge in [0.2, 0.25) is 0 Å². The fourth-order valence-corrected chi connectivity index (χ4v) is 5.99. The van der Waals surface area contributed by atoms with E-state index in [1.54, 1.807) is 36.4 Å². The first-order chi connectivity index (χ1) is 23.4. The monoisotopic (exact) mass is 636 g/mol. The SMILES string of the molecule is Cc1[nH]n(-c2ccccc2)c(=O)c1C(c1ccc(-c2ccc(C(=O)OCc3ccccc3)cc2)o1)c1c(C)[nH]n(-c2ccccc2)c1=O. The van der Waals surface area contributed by atoms with Crippen LogP contribution in [0.15, 0.2) is 141 Å². The van der Waals surface area contributed by atoms with Crippen molar-refractivity contribution >= 4 is 5.97 Å². The van der Waals surface area contributed by atoms with Crippen molar-refractivity contribution in [1.29, 1.82) is 0 Å². The number of nitrogens with zero attached hydrogens (tertiary/aromatic N) is 2. The van der Waals surface area contributed by atoms with E-state index >= 15 is 0 Å². The van der Waals surface area contributed by atoms with E-state index in [1.165, 1.54) is 9.36 Å². The number of hydrogen-bond acceptors (Lipinski definition) is 5. The number of esters is 1. The van der Waals surface area contributed by atoms with Gasteiger partial charge in [-0.2, -0.15) is 0 Å². The van der Waals surface area contributed by atoms with Crippen LogP contribution < -0.4 is 11.1 Å². The summed E-state index contributed by atoms with van der Waals surface area (Å²) in [6, 6.07) is 38.6. The van der Waals surface area contributed by atoms with Crippen molar-refractivity contribution in [2.75, 3.05) is 0 Å². The largest absolute Gasteiger partial charge is 0.460 e. The van der Waals surface area contributed by atoms with Gasteiger partial charge in [-0.3, -0.25) is 19.8 Å². The summed E-state index contributed by atoms with van der Waals surface area (Å²) in [7, 11) is 0. The number of carbonyl (C=O) groups excluding carboxylic acids is 1. The van der Waals surface area contributed by atoms with Crippen LogP contribution in [0.25, 0.3) is 22.7 Å². The molecule has 0 fully saturated rings. The molecule has 0 atom stereocenters. The van der Waals surface area contributed by atoms with Crippen LogP contribution in [-0.2, 0) is 11.3 Å². The molecule has 7 aromatic rings. The Kier molecular flexibility index (Phi) is 8.09. The molecule has 0 radical (unpaired) electrons.